The van der Waals surface area contributed by atoms with Gasteiger partial charge in [0, 0.05) is 6.42 Å². The molecule has 1 aliphatic rings. The number of hydrogen-bond acceptors (Lipinski definition) is 3. The molecule has 1 fully saturated rings. The lowest BCUT2D eigenvalue weighted by molar-refractivity contribution is -0.124. The largest absolute Gasteiger partial charge is 0.311 e. The quantitative estimate of drug-likeness (QED) is 0.769. The van der Waals surface area contributed by atoms with E-state index in [4.69, 9.17) is 0 Å². The molecule has 3 heteroatoms. The molecular formula is C12H20N2O. The minimum Gasteiger partial charge on any atom is -0.311 e. The third-order valence-corrected chi connectivity index (χ3v) is 3.43. The van der Waals surface area contributed by atoms with Gasteiger partial charge in [-0.05, 0) is 26.3 Å². The van der Waals surface area contributed by atoms with Gasteiger partial charge in [0.2, 0.25) is 0 Å². The first kappa shape index (κ1) is 12.2. The van der Waals surface area contributed by atoms with Crippen LogP contribution in [0.4, 0.5) is 0 Å². The summed E-state index contributed by atoms with van der Waals surface area (Å²) in [5.41, 5.74) is -0.252. The average molecular weight is 208 g/mol. The number of nitriles is 1. The lowest BCUT2D eigenvalue weighted by Crippen LogP contribution is -2.43. The summed E-state index contributed by atoms with van der Waals surface area (Å²) in [6.07, 6.45) is 5.13. The summed E-state index contributed by atoms with van der Waals surface area (Å²) >= 11 is 0. The van der Waals surface area contributed by atoms with E-state index >= 15 is 0 Å². The van der Waals surface area contributed by atoms with Crippen LogP contribution in [0.25, 0.3) is 0 Å². The maximum absolute atomic E-state index is 11.5. The fourth-order valence-electron chi connectivity index (χ4n) is 2.31. The first-order valence-electron chi connectivity index (χ1n) is 5.78. The standard InChI is InChI=1S/C12H20N2O/c1-3-4-6-12(9-13)7-5-11(15)10(8-12)14-2/h10,14H,3-8H2,1-2H3. The summed E-state index contributed by atoms with van der Waals surface area (Å²) in [6, 6.07) is 2.34. The van der Waals surface area contributed by atoms with E-state index in [2.05, 4.69) is 18.3 Å². The molecular weight excluding hydrogens is 188 g/mol. The maximum atomic E-state index is 11.5. The molecule has 15 heavy (non-hydrogen) atoms. The van der Waals surface area contributed by atoms with Crippen molar-refractivity contribution in [2.75, 3.05) is 7.05 Å². The Morgan fingerprint density at radius 2 is 2.40 bits per heavy atom. The molecule has 0 heterocycles. The van der Waals surface area contributed by atoms with E-state index < -0.39 is 0 Å². The van der Waals surface area contributed by atoms with Crippen molar-refractivity contribution in [1.29, 1.82) is 5.26 Å². The Bertz CT molecular complexity index is 269. The molecule has 0 amide bonds. The molecule has 2 atom stereocenters. The van der Waals surface area contributed by atoms with Crippen LogP contribution in [0.2, 0.25) is 0 Å². The second-order valence-electron chi connectivity index (χ2n) is 4.51. The number of nitrogens with one attached hydrogen (secondary N) is 1. The van der Waals surface area contributed by atoms with Crippen LogP contribution in [-0.2, 0) is 4.79 Å². The van der Waals surface area contributed by atoms with Gasteiger partial charge in [-0.3, -0.25) is 4.79 Å². The Morgan fingerprint density at radius 3 is 2.93 bits per heavy atom. The number of hydrogen-bond donors (Lipinski definition) is 1. The number of Topliss-reactive ketones (excluding diaryl/α,β-unsaturated/α-hetero) is 1. The van der Waals surface area contributed by atoms with Crippen LogP contribution in [0.1, 0.15) is 45.4 Å². The van der Waals surface area contributed by atoms with Gasteiger partial charge in [0.1, 0.15) is 5.78 Å². The number of ketones is 1. The van der Waals surface area contributed by atoms with Gasteiger partial charge < -0.3 is 5.32 Å². The van der Waals surface area contributed by atoms with Crippen LogP contribution in [0.15, 0.2) is 0 Å². The number of carbonyl (C=O) groups excluding carboxylic acids is 1. The SMILES string of the molecule is CCCCC1(C#N)CCC(=O)C(NC)C1. The first-order valence-corrected chi connectivity index (χ1v) is 5.78. The number of carbonyl (C=O) groups is 1. The van der Waals surface area contributed by atoms with E-state index in [1.165, 1.54) is 0 Å². The van der Waals surface area contributed by atoms with Crippen molar-refractivity contribution in [2.24, 2.45) is 5.41 Å². The van der Waals surface area contributed by atoms with Crippen LogP contribution >= 0.6 is 0 Å². The predicted molar refractivity (Wildman–Crippen MR) is 59.3 cm³/mol. The molecule has 0 saturated heterocycles. The third-order valence-electron chi connectivity index (χ3n) is 3.43. The van der Waals surface area contributed by atoms with E-state index in [1.54, 1.807) is 7.05 Å². The van der Waals surface area contributed by atoms with Crippen LogP contribution in [0, 0.1) is 16.7 Å². The van der Waals surface area contributed by atoms with Crippen molar-refractivity contribution in [3.05, 3.63) is 0 Å². The second kappa shape index (κ2) is 5.27. The topological polar surface area (TPSA) is 52.9 Å². The minimum absolute atomic E-state index is 0.102. The number of unbranched alkanes of at least 4 members (excludes halogenated alkanes) is 1. The Balaban J connectivity index is 2.67. The summed E-state index contributed by atoms with van der Waals surface area (Å²) < 4.78 is 0. The Kier molecular flexibility index (Phi) is 4.28. The highest BCUT2D eigenvalue weighted by molar-refractivity contribution is 5.85. The molecule has 1 saturated carbocycles. The smallest absolute Gasteiger partial charge is 0.149 e. The fourth-order valence-corrected chi connectivity index (χ4v) is 2.31. The minimum atomic E-state index is -0.252. The molecule has 0 radical (unpaired) electrons. The number of rotatable bonds is 4. The van der Waals surface area contributed by atoms with Gasteiger partial charge in [0.05, 0.1) is 17.5 Å². The molecule has 0 spiro atoms. The zero-order valence-electron chi connectivity index (χ0n) is 9.68. The van der Waals surface area contributed by atoms with Crippen molar-refractivity contribution in [3.63, 3.8) is 0 Å². The van der Waals surface area contributed by atoms with Gasteiger partial charge in [-0.1, -0.05) is 19.8 Å². The normalized spacial score (nSPS) is 31.3. The summed E-state index contributed by atoms with van der Waals surface area (Å²) in [6.45, 7) is 2.13. The zero-order valence-corrected chi connectivity index (χ0v) is 9.68. The van der Waals surface area contributed by atoms with Gasteiger partial charge in [-0.15, -0.1) is 0 Å². The van der Waals surface area contributed by atoms with Crippen molar-refractivity contribution in [2.45, 2.75) is 51.5 Å². The zero-order chi connectivity index (χ0) is 11.3. The lowest BCUT2D eigenvalue weighted by atomic mass is 9.70. The molecule has 0 aromatic rings. The Morgan fingerprint density at radius 1 is 1.67 bits per heavy atom. The van der Waals surface area contributed by atoms with Crippen molar-refractivity contribution in [3.8, 4) is 6.07 Å². The molecule has 0 aromatic carbocycles. The van der Waals surface area contributed by atoms with Gasteiger partial charge >= 0.3 is 0 Å². The molecule has 1 N–H and O–H groups in total. The van der Waals surface area contributed by atoms with Gasteiger partial charge in [0.15, 0.2) is 0 Å². The Labute approximate surface area is 91.9 Å². The van der Waals surface area contributed by atoms with Crippen molar-refractivity contribution in [1.82, 2.24) is 5.32 Å². The fraction of sp³-hybridized carbons (Fsp3) is 0.833. The van der Waals surface area contributed by atoms with Gasteiger partial charge in [-0.25, -0.2) is 0 Å². The van der Waals surface area contributed by atoms with Crippen molar-refractivity contribution >= 4 is 5.78 Å². The highest BCUT2D eigenvalue weighted by Gasteiger charge is 2.39. The highest BCUT2D eigenvalue weighted by Crippen LogP contribution is 2.38. The molecule has 1 rings (SSSR count). The molecule has 0 aromatic heterocycles. The maximum Gasteiger partial charge on any atom is 0.149 e. The molecule has 0 bridgehead atoms. The van der Waals surface area contributed by atoms with Crippen LogP contribution in [-0.4, -0.2) is 18.9 Å². The van der Waals surface area contributed by atoms with Gasteiger partial charge in [-0.2, -0.15) is 5.26 Å². The van der Waals surface area contributed by atoms with E-state index in [9.17, 15) is 10.1 Å². The highest BCUT2D eigenvalue weighted by atomic mass is 16.1. The van der Waals surface area contributed by atoms with E-state index in [1.807, 2.05) is 0 Å². The number of likely N-dealkylation sites (N-methyl/N-ethyl adjacent to an activating group) is 1. The van der Waals surface area contributed by atoms with Gasteiger partial charge in [0.25, 0.3) is 0 Å². The molecule has 84 valence electrons. The first-order chi connectivity index (χ1) is 7.17. The summed E-state index contributed by atoms with van der Waals surface area (Å²) in [5.74, 6) is 0.264. The van der Waals surface area contributed by atoms with Crippen LogP contribution in [0.5, 0.6) is 0 Å². The molecule has 2 unspecified atom stereocenters. The summed E-state index contributed by atoms with van der Waals surface area (Å²) in [5, 5.41) is 12.3. The van der Waals surface area contributed by atoms with Crippen molar-refractivity contribution < 1.29 is 4.79 Å². The lowest BCUT2D eigenvalue weighted by Gasteiger charge is -2.34. The van der Waals surface area contributed by atoms with E-state index in [0.29, 0.717) is 12.8 Å². The predicted octanol–water partition coefficient (Wildman–Crippen LogP) is 2.03. The van der Waals surface area contributed by atoms with E-state index in [-0.39, 0.29) is 17.2 Å². The molecule has 3 nitrogen and oxygen atoms in total. The van der Waals surface area contributed by atoms with Crippen LogP contribution in [0.3, 0.4) is 0 Å². The monoisotopic (exact) mass is 208 g/mol. The Hall–Kier alpha value is -0.880. The molecule has 0 aliphatic heterocycles. The number of nitrogens with zero attached hydrogens (tertiary/aromatic N) is 1. The average Bonchev–Trinajstić information content (AvgIpc) is 2.28. The molecule has 1 aliphatic carbocycles. The van der Waals surface area contributed by atoms with E-state index in [0.717, 1.165) is 25.7 Å². The summed E-state index contributed by atoms with van der Waals surface area (Å²) in [7, 11) is 1.80. The third kappa shape index (κ3) is 2.79. The second-order valence-corrected chi connectivity index (χ2v) is 4.51. The summed E-state index contributed by atoms with van der Waals surface area (Å²) in [4.78, 5) is 11.5. The van der Waals surface area contributed by atoms with Crippen LogP contribution < -0.4 is 5.32 Å².